The first-order valence-corrected chi connectivity index (χ1v) is 8.82. The quantitative estimate of drug-likeness (QED) is 0.599. The molecule has 0 amide bonds. The molecule has 4 nitrogen and oxygen atoms in total. The van der Waals surface area contributed by atoms with Crippen molar-refractivity contribution in [2.75, 3.05) is 7.11 Å². The fourth-order valence-electron chi connectivity index (χ4n) is 3.56. The Morgan fingerprint density at radius 1 is 1.48 bits per heavy atom. The van der Waals surface area contributed by atoms with Gasteiger partial charge in [0.05, 0.1) is 13.0 Å². The minimum atomic E-state index is -0.743. The molecule has 0 unspecified atom stereocenters. The lowest BCUT2D eigenvalue weighted by Crippen LogP contribution is -2.38. The van der Waals surface area contributed by atoms with E-state index >= 15 is 0 Å². The maximum absolute atomic E-state index is 12.4. The van der Waals surface area contributed by atoms with E-state index in [1.807, 2.05) is 6.92 Å². The summed E-state index contributed by atoms with van der Waals surface area (Å²) < 4.78 is 11.1. The van der Waals surface area contributed by atoms with Crippen LogP contribution in [0.5, 0.6) is 0 Å². The maximum Gasteiger partial charge on any atom is 0.309 e. The summed E-state index contributed by atoms with van der Waals surface area (Å²) >= 11 is 3.25. The van der Waals surface area contributed by atoms with Crippen molar-refractivity contribution < 1.29 is 19.1 Å². The highest BCUT2D eigenvalue weighted by Crippen LogP contribution is 2.43. The van der Waals surface area contributed by atoms with Gasteiger partial charge in [-0.2, -0.15) is 0 Å². The van der Waals surface area contributed by atoms with E-state index in [0.29, 0.717) is 22.8 Å². The van der Waals surface area contributed by atoms with E-state index in [0.717, 1.165) is 12.0 Å². The third-order valence-corrected chi connectivity index (χ3v) is 5.35. The van der Waals surface area contributed by atoms with Crippen molar-refractivity contribution in [3.8, 4) is 0 Å². The molecule has 1 aliphatic carbocycles. The zero-order valence-corrected chi connectivity index (χ0v) is 15.7. The van der Waals surface area contributed by atoms with E-state index in [9.17, 15) is 9.90 Å². The number of esters is 1. The number of hydrogen-bond donors (Lipinski definition) is 1. The van der Waals surface area contributed by atoms with Gasteiger partial charge in [0, 0.05) is 0 Å². The van der Waals surface area contributed by atoms with Crippen molar-refractivity contribution in [3.63, 3.8) is 0 Å². The average molecular weight is 385 g/mol. The Labute approximate surface area is 146 Å². The lowest BCUT2D eigenvalue weighted by atomic mass is 9.66. The number of carbonyl (C=O) groups is 1. The fraction of sp³-hybridized carbons (Fsp3) is 0.611. The van der Waals surface area contributed by atoms with E-state index in [2.05, 4.69) is 35.9 Å². The smallest absolute Gasteiger partial charge is 0.309 e. The van der Waals surface area contributed by atoms with Crippen LogP contribution in [0, 0.1) is 23.7 Å². The highest BCUT2D eigenvalue weighted by molar-refractivity contribution is 9.10. The van der Waals surface area contributed by atoms with E-state index < -0.39 is 6.10 Å². The van der Waals surface area contributed by atoms with Crippen LogP contribution in [0.15, 0.2) is 32.9 Å². The first-order valence-electron chi connectivity index (χ1n) is 8.03. The Balaban J connectivity index is 2.26. The van der Waals surface area contributed by atoms with Gasteiger partial charge >= 0.3 is 5.97 Å². The van der Waals surface area contributed by atoms with E-state index in [4.69, 9.17) is 9.15 Å². The summed E-state index contributed by atoms with van der Waals surface area (Å²) in [6, 6.07) is 3.51. The molecule has 2 rings (SSSR count). The minimum Gasteiger partial charge on any atom is -0.469 e. The van der Waals surface area contributed by atoms with Crippen molar-refractivity contribution in [1.82, 2.24) is 0 Å². The van der Waals surface area contributed by atoms with Crippen LogP contribution in [-0.2, 0) is 9.53 Å². The summed E-state index contributed by atoms with van der Waals surface area (Å²) in [5.74, 6) is 0.669. The molecule has 0 aromatic carbocycles. The van der Waals surface area contributed by atoms with Crippen molar-refractivity contribution >= 4 is 21.9 Å². The normalized spacial score (nSPS) is 26.0. The van der Waals surface area contributed by atoms with Gasteiger partial charge in [-0.3, -0.25) is 4.79 Å². The number of aliphatic hydroxyl groups excluding tert-OH is 1. The summed E-state index contributed by atoms with van der Waals surface area (Å²) in [5.41, 5.74) is 1.14. The second-order valence-corrected chi connectivity index (χ2v) is 7.42. The summed E-state index contributed by atoms with van der Waals surface area (Å²) in [4.78, 5) is 12.4. The topological polar surface area (TPSA) is 59.7 Å². The van der Waals surface area contributed by atoms with Gasteiger partial charge in [0.2, 0.25) is 0 Å². The highest BCUT2D eigenvalue weighted by atomic mass is 79.9. The van der Waals surface area contributed by atoms with Crippen LogP contribution in [-0.4, -0.2) is 18.2 Å². The van der Waals surface area contributed by atoms with Crippen LogP contribution >= 0.6 is 15.9 Å². The molecule has 0 bridgehead atoms. The molecule has 0 radical (unpaired) electrons. The van der Waals surface area contributed by atoms with E-state index in [-0.39, 0.29) is 23.7 Å². The number of halogens is 1. The Kier molecular flexibility index (Phi) is 6.09. The molecule has 1 aromatic heterocycles. The molecule has 0 fully saturated rings. The van der Waals surface area contributed by atoms with Gasteiger partial charge in [-0.1, -0.05) is 25.5 Å². The number of furan rings is 1. The molecule has 1 heterocycles. The fourth-order valence-corrected chi connectivity index (χ4v) is 3.88. The van der Waals surface area contributed by atoms with Crippen LogP contribution in [0.4, 0.5) is 0 Å². The molecule has 0 saturated heterocycles. The molecule has 23 heavy (non-hydrogen) atoms. The second-order valence-electron chi connectivity index (χ2n) is 6.64. The van der Waals surface area contributed by atoms with Crippen LogP contribution in [0.2, 0.25) is 0 Å². The monoisotopic (exact) mass is 384 g/mol. The van der Waals surface area contributed by atoms with Gasteiger partial charge < -0.3 is 14.3 Å². The van der Waals surface area contributed by atoms with Crippen LogP contribution in [0.3, 0.4) is 0 Å². The van der Waals surface area contributed by atoms with Gasteiger partial charge in [-0.25, -0.2) is 0 Å². The molecule has 0 aliphatic heterocycles. The molecular formula is C18H25BrO4. The predicted octanol–water partition coefficient (Wildman–Crippen LogP) is 4.49. The van der Waals surface area contributed by atoms with Crippen molar-refractivity contribution in [2.24, 2.45) is 23.7 Å². The lowest BCUT2D eigenvalue weighted by molar-refractivity contribution is -0.151. The maximum atomic E-state index is 12.4. The Morgan fingerprint density at radius 2 is 2.17 bits per heavy atom. The molecule has 5 heteroatoms. The number of methoxy groups -OCH3 is 1. The van der Waals surface area contributed by atoms with Crippen molar-refractivity contribution in [1.29, 1.82) is 0 Å². The van der Waals surface area contributed by atoms with Gasteiger partial charge in [0.25, 0.3) is 0 Å². The van der Waals surface area contributed by atoms with Gasteiger partial charge in [-0.05, 0) is 65.6 Å². The Morgan fingerprint density at radius 3 is 2.70 bits per heavy atom. The van der Waals surface area contributed by atoms with E-state index in [1.165, 1.54) is 7.11 Å². The van der Waals surface area contributed by atoms with Crippen LogP contribution in [0.1, 0.15) is 45.5 Å². The summed E-state index contributed by atoms with van der Waals surface area (Å²) in [7, 11) is 1.44. The third-order valence-electron chi connectivity index (χ3n) is 4.92. The molecule has 1 N–H and O–H groups in total. The zero-order chi connectivity index (χ0) is 17.1. The van der Waals surface area contributed by atoms with Gasteiger partial charge in [0.15, 0.2) is 4.67 Å². The number of aliphatic hydroxyl groups is 1. The number of ether oxygens (including phenoxy) is 1. The minimum absolute atomic E-state index is 0.0394. The summed E-state index contributed by atoms with van der Waals surface area (Å²) in [6.45, 7) is 6.29. The lowest BCUT2D eigenvalue weighted by Gasteiger charge is -2.38. The molecule has 1 aliphatic rings. The Hall–Kier alpha value is -1.07. The highest BCUT2D eigenvalue weighted by Gasteiger charge is 2.41. The van der Waals surface area contributed by atoms with Gasteiger partial charge in [-0.15, -0.1) is 0 Å². The van der Waals surface area contributed by atoms with Gasteiger partial charge in [0.1, 0.15) is 11.9 Å². The molecule has 1 aromatic rings. The van der Waals surface area contributed by atoms with Crippen molar-refractivity contribution in [2.45, 2.75) is 39.7 Å². The SMILES string of the molecule is COC(=O)[C@@H]1[C@@H](C(C)C)CC=C(C)[C@@H]1C[C@H](O)c1ccc(Br)o1. The number of hydrogen-bond acceptors (Lipinski definition) is 4. The number of carbonyl (C=O) groups excluding carboxylic acids is 1. The Bertz CT molecular complexity index is 575. The van der Waals surface area contributed by atoms with Crippen LogP contribution < -0.4 is 0 Å². The standard InChI is InChI=1S/C18H25BrO4/c1-10(2)12-6-5-11(3)13(17(12)18(21)22-4)9-14(20)15-7-8-16(19)23-15/h5,7-8,10,12-14,17,20H,6,9H2,1-4H3/t12-,13+,14+,17-/m1/s1. The summed E-state index contributed by atoms with van der Waals surface area (Å²) in [6.07, 6.45) is 2.78. The molecule has 4 atom stereocenters. The predicted molar refractivity (Wildman–Crippen MR) is 91.7 cm³/mol. The summed E-state index contributed by atoms with van der Waals surface area (Å²) in [5, 5.41) is 10.5. The molecule has 0 spiro atoms. The van der Waals surface area contributed by atoms with Crippen molar-refractivity contribution in [3.05, 3.63) is 34.2 Å². The third kappa shape index (κ3) is 4.07. The first-order chi connectivity index (χ1) is 10.8. The second kappa shape index (κ2) is 7.67. The number of rotatable bonds is 5. The van der Waals surface area contributed by atoms with Crippen LogP contribution in [0.25, 0.3) is 0 Å². The molecule has 0 saturated carbocycles. The number of allylic oxidation sites excluding steroid dienone is 2. The molecular weight excluding hydrogens is 360 g/mol. The van der Waals surface area contributed by atoms with E-state index in [1.54, 1.807) is 12.1 Å². The largest absolute Gasteiger partial charge is 0.469 e. The molecule has 128 valence electrons. The zero-order valence-electron chi connectivity index (χ0n) is 14.1. The first kappa shape index (κ1) is 18.3. The average Bonchev–Trinajstić information content (AvgIpc) is 2.94.